The second-order valence-electron chi connectivity index (χ2n) is 12.9. The fourth-order valence-corrected chi connectivity index (χ4v) is 7.99. The second kappa shape index (κ2) is 13.3. The SMILES string of the molecule is O=C(Cc1cn(C(c2ccccc2)(c2ccccc2)c2ccccc2)cn1)N1CCC(=C2c3ccc(Cl)cc3CCc3cccnc32)CC1. The first-order valence-corrected chi connectivity index (χ1v) is 17.4. The number of aromatic nitrogens is 3. The fourth-order valence-electron chi connectivity index (χ4n) is 7.80. The minimum atomic E-state index is -0.659. The predicted octanol–water partition coefficient (Wildman–Crippen LogP) is 8.54. The van der Waals surface area contributed by atoms with Crippen molar-refractivity contribution in [2.24, 2.45) is 0 Å². The van der Waals surface area contributed by atoms with E-state index in [1.54, 1.807) is 0 Å². The topological polar surface area (TPSA) is 51.0 Å². The quantitative estimate of drug-likeness (QED) is 0.168. The average Bonchev–Trinajstić information content (AvgIpc) is 3.55. The number of rotatable bonds is 6. The lowest BCUT2D eigenvalue weighted by Crippen LogP contribution is -2.38. The Bertz CT molecular complexity index is 2030. The summed E-state index contributed by atoms with van der Waals surface area (Å²) in [6.45, 7) is 1.34. The molecule has 5 nitrogen and oxygen atoms in total. The molecule has 6 heteroatoms. The number of fused-ring (bicyclic) bond motifs is 2. The summed E-state index contributed by atoms with van der Waals surface area (Å²) in [5.74, 6) is 0.102. The molecule has 1 amide bonds. The summed E-state index contributed by atoms with van der Waals surface area (Å²) >= 11 is 6.43. The molecule has 2 aromatic heterocycles. The van der Waals surface area contributed by atoms with E-state index in [4.69, 9.17) is 21.6 Å². The van der Waals surface area contributed by atoms with Gasteiger partial charge < -0.3 is 9.47 Å². The van der Waals surface area contributed by atoms with E-state index in [0.717, 1.165) is 58.8 Å². The van der Waals surface area contributed by atoms with Gasteiger partial charge in [0.2, 0.25) is 5.91 Å². The first-order chi connectivity index (χ1) is 24.1. The van der Waals surface area contributed by atoms with Crippen LogP contribution in [0.4, 0.5) is 0 Å². The third-order valence-electron chi connectivity index (χ3n) is 10.1. The minimum Gasteiger partial charge on any atom is -0.342 e. The molecule has 4 aromatic carbocycles. The number of benzene rings is 4. The van der Waals surface area contributed by atoms with E-state index in [9.17, 15) is 4.79 Å². The van der Waals surface area contributed by atoms with Crippen LogP contribution in [0, 0.1) is 0 Å². The standard InChI is InChI=1S/C43H37ClN4O/c44-37-20-21-39-33(27-37)19-18-32-11-10-24-45-42(32)41(39)31-22-25-47(26-23-31)40(49)28-38-29-48(30-46-38)43(34-12-4-1-5-13-34,35-14-6-2-7-15-35)36-16-8-3-9-17-36/h1-17,20-21,24,27,29-30H,18-19,22-23,25-26,28H2. The molecule has 0 radical (unpaired) electrons. The van der Waals surface area contributed by atoms with Gasteiger partial charge in [-0.3, -0.25) is 9.78 Å². The average molecular weight is 661 g/mol. The molecule has 0 N–H and O–H groups in total. The van der Waals surface area contributed by atoms with Crippen LogP contribution in [0.25, 0.3) is 5.57 Å². The van der Waals surface area contributed by atoms with Crippen molar-refractivity contribution in [2.45, 2.75) is 37.6 Å². The van der Waals surface area contributed by atoms with E-state index in [-0.39, 0.29) is 12.3 Å². The van der Waals surface area contributed by atoms with Gasteiger partial charge in [0.05, 0.1) is 24.1 Å². The van der Waals surface area contributed by atoms with Gasteiger partial charge in [-0.15, -0.1) is 0 Å². The summed E-state index contributed by atoms with van der Waals surface area (Å²) in [4.78, 5) is 25.6. The van der Waals surface area contributed by atoms with E-state index in [1.165, 1.54) is 27.8 Å². The molecule has 1 fully saturated rings. The van der Waals surface area contributed by atoms with Crippen LogP contribution in [-0.4, -0.2) is 38.4 Å². The number of carbonyl (C=O) groups excluding carboxylic acids is 1. The Hall–Kier alpha value is -5.26. The number of likely N-dealkylation sites (tertiary alicyclic amines) is 1. The molecule has 0 spiro atoms. The van der Waals surface area contributed by atoms with Crippen molar-refractivity contribution in [1.29, 1.82) is 0 Å². The molecule has 0 saturated carbocycles. The third kappa shape index (κ3) is 5.78. The maximum absolute atomic E-state index is 13.8. The Labute approximate surface area is 292 Å². The third-order valence-corrected chi connectivity index (χ3v) is 10.4. The molecule has 49 heavy (non-hydrogen) atoms. The smallest absolute Gasteiger partial charge is 0.228 e. The van der Waals surface area contributed by atoms with Crippen LogP contribution in [0.5, 0.6) is 0 Å². The number of halogens is 1. The second-order valence-corrected chi connectivity index (χ2v) is 13.4. The van der Waals surface area contributed by atoms with Crippen molar-refractivity contribution in [3.8, 4) is 0 Å². The molecule has 0 atom stereocenters. The number of aryl methyl sites for hydroxylation is 2. The van der Waals surface area contributed by atoms with Gasteiger partial charge in [-0.05, 0) is 77.3 Å². The highest BCUT2D eigenvalue weighted by molar-refractivity contribution is 6.30. The summed E-state index contributed by atoms with van der Waals surface area (Å²) in [6, 6.07) is 42.0. The van der Waals surface area contributed by atoms with E-state index in [1.807, 2.05) is 47.8 Å². The molecule has 1 aliphatic carbocycles. The Morgan fingerprint density at radius 1 is 0.694 bits per heavy atom. The van der Waals surface area contributed by atoms with E-state index < -0.39 is 5.54 Å². The Morgan fingerprint density at radius 2 is 1.31 bits per heavy atom. The van der Waals surface area contributed by atoms with Gasteiger partial charge in [0.1, 0.15) is 5.54 Å². The van der Waals surface area contributed by atoms with Gasteiger partial charge in [0.25, 0.3) is 0 Å². The van der Waals surface area contributed by atoms with Crippen molar-refractivity contribution in [3.05, 3.63) is 195 Å². The summed E-state index contributed by atoms with van der Waals surface area (Å²) in [6.07, 6.45) is 9.57. The monoisotopic (exact) mass is 660 g/mol. The number of nitrogens with zero attached hydrogens (tertiary/aromatic N) is 4. The summed E-state index contributed by atoms with van der Waals surface area (Å²) in [5, 5.41) is 0.762. The molecule has 0 unspecified atom stereocenters. The molecule has 1 aliphatic heterocycles. The number of imidazole rings is 1. The van der Waals surface area contributed by atoms with Crippen molar-refractivity contribution in [1.82, 2.24) is 19.4 Å². The maximum Gasteiger partial charge on any atom is 0.228 e. The lowest BCUT2D eigenvalue weighted by atomic mass is 9.77. The molecule has 2 aliphatic rings. The van der Waals surface area contributed by atoms with Crippen LogP contribution in [-0.2, 0) is 29.6 Å². The number of amides is 1. The van der Waals surface area contributed by atoms with Gasteiger partial charge in [-0.2, -0.15) is 0 Å². The highest BCUT2D eigenvalue weighted by Crippen LogP contribution is 2.41. The maximum atomic E-state index is 13.8. The van der Waals surface area contributed by atoms with Crippen LogP contribution >= 0.6 is 11.6 Å². The van der Waals surface area contributed by atoms with Gasteiger partial charge in [-0.1, -0.05) is 120 Å². The van der Waals surface area contributed by atoms with E-state index >= 15 is 0 Å². The number of piperidine rings is 1. The highest BCUT2D eigenvalue weighted by atomic mass is 35.5. The molecule has 3 heterocycles. The zero-order valence-electron chi connectivity index (χ0n) is 27.3. The molecule has 8 rings (SSSR count). The molecule has 242 valence electrons. The van der Waals surface area contributed by atoms with Crippen LogP contribution < -0.4 is 0 Å². The van der Waals surface area contributed by atoms with Crippen molar-refractivity contribution in [2.75, 3.05) is 13.1 Å². The van der Waals surface area contributed by atoms with Crippen molar-refractivity contribution >= 4 is 23.1 Å². The molecule has 1 saturated heterocycles. The molecule has 6 aromatic rings. The normalized spacial score (nSPS) is 14.6. The lowest BCUT2D eigenvalue weighted by Gasteiger charge is -2.37. The van der Waals surface area contributed by atoms with Gasteiger partial charge in [0, 0.05) is 36.1 Å². The number of carbonyl (C=O) groups is 1. The molecular formula is C43H37ClN4O. The summed E-state index contributed by atoms with van der Waals surface area (Å²) in [5.41, 5.74) is 10.9. The number of pyridine rings is 1. The summed E-state index contributed by atoms with van der Waals surface area (Å²) < 4.78 is 2.18. The first-order valence-electron chi connectivity index (χ1n) is 17.0. The van der Waals surface area contributed by atoms with Gasteiger partial charge in [-0.25, -0.2) is 4.98 Å². The van der Waals surface area contributed by atoms with Gasteiger partial charge in [0.15, 0.2) is 0 Å². The number of hydrogen-bond acceptors (Lipinski definition) is 3. The Balaban J connectivity index is 1.08. The van der Waals surface area contributed by atoms with Crippen molar-refractivity contribution in [3.63, 3.8) is 0 Å². The minimum absolute atomic E-state index is 0.102. The van der Waals surface area contributed by atoms with Crippen LogP contribution in [0.15, 0.2) is 146 Å². The predicted molar refractivity (Wildman–Crippen MR) is 195 cm³/mol. The Morgan fingerprint density at radius 3 is 1.94 bits per heavy atom. The zero-order chi connectivity index (χ0) is 33.2. The first kappa shape index (κ1) is 31.0. The lowest BCUT2D eigenvalue weighted by molar-refractivity contribution is -0.130. The van der Waals surface area contributed by atoms with Crippen LogP contribution in [0.2, 0.25) is 5.02 Å². The molecular weight excluding hydrogens is 624 g/mol. The molecule has 0 bridgehead atoms. The Kier molecular flexibility index (Phi) is 8.44. The zero-order valence-corrected chi connectivity index (χ0v) is 28.1. The van der Waals surface area contributed by atoms with E-state index in [0.29, 0.717) is 13.1 Å². The fraction of sp³-hybridized carbons (Fsp3) is 0.186. The van der Waals surface area contributed by atoms with Crippen LogP contribution in [0.3, 0.4) is 0 Å². The van der Waals surface area contributed by atoms with Gasteiger partial charge >= 0.3 is 0 Å². The highest BCUT2D eigenvalue weighted by Gasteiger charge is 2.38. The van der Waals surface area contributed by atoms with Crippen LogP contribution in [0.1, 0.15) is 57.6 Å². The largest absolute Gasteiger partial charge is 0.342 e. The summed E-state index contributed by atoms with van der Waals surface area (Å²) in [7, 11) is 0. The van der Waals surface area contributed by atoms with E-state index in [2.05, 4.69) is 102 Å². The van der Waals surface area contributed by atoms with Crippen molar-refractivity contribution < 1.29 is 4.79 Å². The number of hydrogen-bond donors (Lipinski definition) is 0.